The first-order chi connectivity index (χ1) is 11.0. The van der Waals surface area contributed by atoms with E-state index in [9.17, 15) is 4.79 Å². The van der Waals surface area contributed by atoms with E-state index in [4.69, 9.17) is 17.0 Å². The van der Waals surface area contributed by atoms with Gasteiger partial charge in [0, 0.05) is 11.7 Å². The number of hydrogen-bond donors (Lipinski definition) is 3. The summed E-state index contributed by atoms with van der Waals surface area (Å²) in [5, 5.41) is 10.1. The van der Waals surface area contributed by atoms with Gasteiger partial charge in [-0.3, -0.25) is 4.79 Å². The van der Waals surface area contributed by atoms with E-state index in [2.05, 4.69) is 22.9 Å². The average Bonchev–Trinajstić information content (AvgIpc) is 2.51. The molecule has 23 heavy (non-hydrogen) atoms. The molecule has 1 saturated carbocycles. The second-order valence-electron chi connectivity index (χ2n) is 6.43. The van der Waals surface area contributed by atoms with Crippen LogP contribution in [-0.4, -0.2) is 23.2 Å². The minimum Gasteiger partial charge on any atom is -0.479 e. The van der Waals surface area contributed by atoms with Crippen molar-refractivity contribution in [1.29, 1.82) is 0 Å². The fourth-order valence-electron chi connectivity index (χ4n) is 3.15. The van der Waals surface area contributed by atoms with Gasteiger partial charge in [0.05, 0.1) is 5.69 Å². The van der Waals surface area contributed by atoms with Crippen LogP contribution in [0.3, 0.4) is 0 Å². The molecule has 124 valence electrons. The summed E-state index contributed by atoms with van der Waals surface area (Å²) in [4.78, 5) is 11.7. The van der Waals surface area contributed by atoms with Gasteiger partial charge in [-0.25, -0.2) is 0 Å². The summed E-state index contributed by atoms with van der Waals surface area (Å²) < 4.78 is 5.55. The highest BCUT2D eigenvalue weighted by molar-refractivity contribution is 7.80. The van der Waals surface area contributed by atoms with Gasteiger partial charge < -0.3 is 20.7 Å². The summed E-state index contributed by atoms with van der Waals surface area (Å²) in [5.41, 5.74) is 1.51. The molecular weight excluding hydrogens is 310 g/mol. The van der Waals surface area contributed by atoms with Crippen LogP contribution < -0.4 is 20.7 Å². The Kier molecular flexibility index (Phi) is 4.71. The molecule has 1 heterocycles. The minimum absolute atomic E-state index is 0.133. The smallest absolute Gasteiger partial charge is 0.265 e. The van der Waals surface area contributed by atoms with Gasteiger partial charge in [0.1, 0.15) is 5.75 Å². The number of carbonyl (C=O) groups excluding carboxylic acids is 1. The summed E-state index contributed by atoms with van der Waals surface area (Å²) in [5.74, 6) is 1.19. The predicted octanol–water partition coefficient (Wildman–Crippen LogP) is 3.27. The SMILES string of the molecule is C[C@@H]1Oc2ccc(NC(=S)N[C@@H]3CCCC[C@H]3C)cc2NC1=O. The highest BCUT2D eigenvalue weighted by Gasteiger charge is 2.24. The van der Waals surface area contributed by atoms with Crippen LogP contribution in [0.25, 0.3) is 0 Å². The number of amides is 1. The highest BCUT2D eigenvalue weighted by atomic mass is 32.1. The molecule has 1 aromatic carbocycles. The molecule has 0 aromatic heterocycles. The highest BCUT2D eigenvalue weighted by Crippen LogP contribution is 2.32. The van der Waals surface area contributed by atoms with Crippen molar-refractivity contribution in [2.45, 2.75) is 51.7 Å². The summed E-state index contributed by atoms with van der Waals surface area (Å²) in [6, 6.07) is 6.03. The third kappa shape index (κ3) is 3.75. The fraction of sp³-hybridized carbons (Fsp3) is 0.529. The van der Waals surface area contributed by atoms with Gasteiger partial charge in [-0.05, 0) is 56.1 Å². The number of hydrogen-bond acceptors (Lipinski definition) is 3. The Balaban J connectivity index is 1.63. The molecule has 3 rings (SSSR count). The maximum Gasteiger partial charge on any atom is 0.265 e. The lowest BCUT2D eigenvalue weighted by Gasteiger charge is -2.30. The van der Waals surface area contributed by atoms with E-state index in [0.717, 1.165) is 12.1 Å². The molecule has 1 aromatic rings. The second-order valence-corrected chi connectivity index (χ2v) is 6.84. The summed E-state index contributed by atoms with van der Waals surface area (Å²) >= 11 is 5.43. The third-order valence-corrected chi connectivity index (χ3v) is 4.82. The molecule has 5 nitrogen and oxygen atoms in total. The molecule has 1 aliphatic heterocycles. The molecular formula is C17H23N3O2S. The summed E-state index contributed by atoms with van der Waals surface area (Å²) in [6.07, 6.45) is 4.51. The first-order valence-electron chi connectivity index (χ1n) is 8.22. The van der Waals surface area contributed by atoms with E-state index < -0.39 is 6.10 Å². The molecule has 0 radical (unpaired) electrons. The summed E-state index contributed by atoms with van der Waals surface area (Å²) in [7, 11) is 0. The van der Waals surface area contributed by atoms with Gasteiger partial charge in [0.15, 0.2) is 11.2 Å². The lowest BCUT2D eigenvalue weighted by Crippen LogP contribution is -2.43. The molecule has 1 fully saturated rings. The molecule has 0 bridgehead atoms. The third-order valence-electron chi connectivity index (χ3n) is 4.60. The zero-order chi connectivity index (χ0) is 16.4. The summed E-state index contributed by atoms with van der Waals surface area (Å²) in [6.45, 7) is 4.00. The van der Waals surface area contributed by atoms with Crippen LogP contribution in [0.4, 0.5) is 11.4 Å². The van der Waals surface area contributed by atoms with E-state index in [1.165, 1.54) is 19.3 Å². The van der Waals surface area contributed by atoms with Crippen molar-refractivity contribution < 1.29 is 9.53 Å². The van der Waals surface area contributed by atoms with Crippen LogP contribution in [0, 0.1) is 5.92 Å². The van der Waals surface area contributed by atoms with Gasteiger partial charge >= 0.3 is 0 Å². The first-order valence-corrected chi connectivity index (χ1v) is 8.63. The normalized spacial score (nSPS) is 26.5. The first kappa shape index (κ1) is 16.1. The average molecular weight is 333 g/mol. The molecule has 0 spiro atoms. The Morgan fingerprint density at radius 1 is 1.30 bits per heavy atom. The lowest BCUT2D eigenvalue weighted by atomic mass is 9.86. The molecule has 1 aliphatic carbocycles. The maximum atomic E-state index is 11.7. The van der Waals surface area contributed by atoms with Crippen LogP contribution in [0.1, 0.15) is 39.5 Å². The lowest BCUT2D eigenvalue weighted by molar-refractivity contribution is -0.122. The van der Waals surface area contributed by atoms with Crippen molar-refractivity contribution in [3.8, 4) is 5.75 Å². The van der Waals surface area contributed by atoms with Gasteiger partial charge in [-0.1, -0.05) is 19.8 Å². The number of benzene rings is 1. The van der Waals surface area contributed by atoms with E-state index in [0.29, 0.717) is 28.5 Å². The van der Waals surface area contributed by atoms with Crippen molar-refractivity contribution in [3.05, 3.63) is 18.2 Å². The van der Waals surface area contributed by atoms with Gasteiger partial charge in [0.2, 0.25) is 0 Å². The zero-order valence-electron chi connectivity index (χ0n) is 13.5. The number of rotatable bonds is 2. The molecule has 1 amide bonds. The number of carbonyl (C=O) groups is 1. The number of nitrogens with one attached hydrogen (secondary N) is 3. The molecule has 0 unspecified atom stereocenters. The van der Waals surface area contributed by atoms with E-state index in [1.54, 1.807) is 6.92 Å². The Labute approximate surface area is 142 Å². The largest absolute Gasteiger partial charge is 0.479 e. The van der Waals surface area contributed by atoms with Crippen LogP contribution in [0.15, 0.2) is 18.2 Å². The number of fused-ring (bicyclic) bond motifs is 1. The Hall–Kier alpha value is -1.82. The van der Waals surface area contributed by atoms with Crippen molar-refractivity contribution in [3.63, 3.8) is 0 Å². The standard InChI is InChI=1S/C17H23N3O2S/c1-10-5-3-4-6-13(10)20-17(23)18-12-7-8-15-14(9-12)19-16(21)11(2)22-15/h7-11,13H,3-6H2,1-2H3,(H,19,21)(H2,18,20,23)/t10-,11+,13-/m1/s1. The van der Waals surface area contributed by atoms with Crippen LogP contribution >= 0.6 is 12.2 Å². The van der Waals surface area contributed by atoms with Crippen LogP contribution in [0.2, 0.25) is 0 Å². The molecule has 2 aliphatic rings. The topological polar surface area (TPSA) is 62.4 Å². The minimum atomic E-state index is -0.461. The van der Waals surface area contributed by atoms with Crippen molar-refractivity contribution in [1.82, 2.24) is 5.32 Å². The van der Waals surface area contributed by atoms with E-state index in [-0.39, 0.29) is 5.91 Å². The number of ether oxygens (including phenoxy) is 1. The number of thiocarbonyl (C=S) groups is 1. The van der Waals surface area contributed by atoms with Crippen LogP contribution in [0.5, 0.6) is 5.75 Å². The Bertz CT molecular complexity index is 620. The molecule has 3 N–H and O–H groups in total. The Morgan fingerprint density at radius 3 is 2.87 bits per heavy atom. The molecule has 6 heteroatoms. The fourth-order valence-corrected chi connectivity index (χ4v) is 3.42. The van der Waals surface area contributed by atoms with Crippen molar-refractivity contribution in [2.24, 2.45) is 5.92 Å². The number of anilines is 2. The zero-order valence-corrected chi connectivity index (χ0v) is 14.3. The maximum absolute atomic E-state index is 11.7. The van der Waals surface area contributed by atoms with E-state index >= 15 is 0 Å². The predicted molar refractivity (Wildman–Crippen MR) is 95.9 cm³/mol. The van der Waals surface area contributed by atoms with E-state index in [1.807, 2.05) is 18.2 Å². The molecule has 3 atom stereocenters. The van der Waals surface area contributed by atoms with Crippen molar-refractivity contribution in [2.75, 3.05) is 10.6 Å². The monoisotopic (exact) mass is 333 g/mol. The quantitative estimate of drug-likeness (QED) is 0.725. The molecule has 0 saturated heterocycles. The van der Waals surface area contributed by atoms with Crippen LogP contribution in [-0.2, 0) is 4.79 Å². The van der Waals surface area contributed by atoms with Gasteiger partial charge in [-0.2, -0.15) is 0 Å². The second kappa shape index (κ2) is 6.74. The van der Waals surface area contributed by atoms with Gasteiger partial charge in [0.25, 0.3) is 5.91 Å². The van der Waals surface area contributed by atoms with Gasteiger partial charge in [-0.15, -0.1) is 0 Å². The Morgan fingerprint density at radius 2 is 2.09 bits per heavy atom. The van der Waals surface area contributed by atoms with Crippen molar-refractivity contribution >= 4 is 34.6 Å².